The Kier molecular flexibility index (Phi) is 6.40. The smallest absolute Gasteiger partial charge is 0.245 e. The molecule has 0 unspecified atom stereocenters. The molecule has 18 heavy (non-hydrogen) atoms. The lowest BCUT2D eigenvalue weighted by molar-refractivity contribution is -0.182. The Bertz CT molecular complexity index is 414. The minimum Gasteiger partial charge on any atom is -0.273 e. The van der Waals surface area contributed by atoms with Gasteiger partial charge in [-0.3, -0.25) is 9.63 Å². The minimum atomic E-state index is -0.132. The normalized spacial score (nSPS) is 9.61. The van der Waals surface area contributed by atoms with E-state index in [1.807, 2.05) is 30.3 Å². The second-order valence-electron chi connectivity index (χ2n) is 3.73. The first-order chi connectivity index (χ1) is 8.74. The SMILES string of the molecule is CN(OCc1ccccc1)C(=O)CCCN=C=O. The van der Waals surface area contributed by atoms with Crippen molar-refractivity contribution >= 4 is 12.0 Å². The molecule has 96 valence electrons. The lowest BCUT2D eigenvalue weighted by Gasteiger charge is -2.16. The van der Waals surface area contributed by atoms with Crippen molar-refractivity contribution in [1.29, 1.82) is 0 Å². The third-order valence-corrected chi connectivity index (χ3v) is 2.34. The van der Waals surface area contributed by atoms with Crippen LogP contribution in [0.25, 0.3) is 0 Å². The zero-order chi connectivity index (χ0) is 13.2. The molecule has 0 aromatic heterocycles. The molecule has 0 N–H and O–H groups in total. The van der Waals surface area contributed by atoms with Crippen LogP contribution in [0.4, 0.5) is 0 Å². The molecule has 0 aliphatic rings. The fourth-order valence-corrected chi connectivity index (χ4v) is 1.33. The topological polar surface area (TPSA) is 59.0 Å². The van der Waals surface area contributed by atoms with E-state index in [1.165, 1.54) is 11.1 Å². The summed E-state index contributed by atoms with van der Waals surface area (Å²) in [6.07, 6.45) is 2.26. The summed E-state index contributed by atoms with van der Waals surface area (Å²) in [4.78, 5) is 30.1. The number of rotatable bonds is 7. The van der Waals surface area contributed by atoms with Crippen LogP contribution in [0.2, 0.25) is 0 Å². The number of aliphatic imine (C=N–C) groups is 1. The van der Waals surface area contributed by atoms with Crippen molar-refractivity contribution in [2.75, 3.05) is 13.6 Å². The summed E-state index contributed by atoms with van der Waals surface area (Å²) >= 11 is 0. The van der Waals surface area contributed by atoms with Crippen LogP contribution in [0.1, 0.15) is 18.4 Å². The zero-order valence-corrected chi connectivity index (χ0v) is 10.3. The molecular formula is C13H16N2O3. The fourth-order valence-electron chi connectivity index (χ4n) is 1.33. The number of hydroxylamine groups is 2. The van der Waals surface area contributed by atoms with E-state index in [9.17, 15) is 9.59 Å². The first kappa shape index (κ1) is 14.1. The number of amides is 1. The molecule has 0 atom stereocenters. The molecule has 5 heteroatoms. The standard InChI is InChI=1S/C13H16N2O3/c1-15(13(17)8-5-9-14-11-16)18-10-12-6-3-2-4-7-12/h2-4,6-7H,5,8-10H2,1H3. The molecule has 0 saturated carbocycles. The summed E-state index contributed by atoms with van der Waals surface area (Å²) < 4.78 is 0. The van der Waals surface area contributed by atoms with E-state index in [4.69, 9.17) is 4.84 Å². The largest absolute Gasteiger partial charge is 0.273 e. The van der Waals surface area contributed by atoms with E-state index in [0.717, 1.165) is 5.56 Å². The predicted octanol–water partition coefficient (Wildman–Crippen LogP) is 1.69. The van der Waals surface area contributed by atoms with E-state index in [2.05, 4.69) is 4.99 Å². The maximum atomic E-state index is 11.6. The van der Waals surface area contributed by atoms with Crippen molar-refractivity contribution in [3.63, 3.8) is 0 Å². The van der Waals surface area contributed by atoms with Crippen LogP contribution in [0.15, 0.2) is 35.3 Å². The molecule has 1 rings (SSSR count). The van der Waals surface area contributed by atoms with Gasteiger partial charge in [-0.1, -0.05) is 30.3 Å². The maximum absolute atomic E-state index is 11.6. The third kappa shape index (κ3) is 5.39. The van der Waals surface area contributed by atoms with Gasteiger partial charge in [-0.05, 0) is 12.0 Å². The molecule has 0 fully saturated rings. The Balaban J connectivity index is 2.25. The van der Waals surface area contributed by atoms with Crippen molar-refractivity contribution < 1.29 is 14.4 Å². The van der Waals surface area contributed by atoms with Crippen molar-refractivity contribution in [1.82, 2.24) is 5.06 Å². The molecule has 0 bridgehead atoms. The van der Waals surface area contributed by atoms with Gasteiger partial charge in [-0.15, -0.1) is 0 Å². The molecule has 0 radical (unpaired) electrons. The summed E-state index contributed by atoms with van der Waals surface area (Å²) in [5.74, 6) is -0.132. The number of hydrogen-bond acceptors (Lipinski definition) is 4. The lowest BCUT2D eigenvalue weighted by Crippen LogP contribution is -2.26. The van der Waals surface area contributed by atoms with E-state index in [0.29, 0.717) is 26.0 Å². The average molecular weight is 248 g/mol. The summed E-state index contributed by atoms with van der Waals surface area (Å²) in [6.45, 7) is 0.678. The van der Waals surface area contributed by atoms with Gasteiger partial charge in [0, 0.05) is 13.5 Å². The van der Waals surface area contributed by atoms with E-state index >= 15 is 0 Å². The van der Waals surface area contributed by atoms with E-state index < -0.39 is 0 Å². The quantitative estimate of drug-likeness (QED) is 0.319. The number of nitrogens with zero attached hydrogens (tertiary/aromatic N) is 2. The second-order valence-corrected chi connectivity index (χ2v) is 3.73. The van der Waals surface area contributed by atoms with Crippen molar-refractivity contribution in [2.24, 2.45) is 4.99 Å². The van der Waals surface area contributed by atoms with Gasteiger partial charge in [0.15, 0.2) is 0 Å². The summed E-state index contributed by atoms with van der Waals surface area (Å²) in [6, 6.07) is 9.61. The van der Waals surface area contributed by atoms with Gasteiger partial charge in [0.1, 0.15) is 6.61 Å². The second kappa shape index (κ2) is 8.17. The summed E-state index contributed by atoms with van der Waals surface area (Å²) in [5, 5.41) is 1.22. The highest BCUT2D eigenvalue weighted by Gasteiger charge is 2.08. The van der Waals surface area contributed by atoms with Gasteiger partial charge < -0.3 is 0 Å². The van der Waals surface area contributed by atoms with Crippen LogP contribution in [-0.2, 0) is 21.0 Å². The first-order valence-electron chi connectivity index (χ1n) is 5.71. The monoisotopic (exact) mass is 248 g/mol. The molecule has 0 saturated heterocycles. The highest BCUT2D eigenvalue weighted by atomic mass is 16.7. The summed E-state index contributed by atoms with van der Waals surface area (Å²) in [5.41, 5.74) is 1.00. The zero-order valence-electron chi connectivity index (χ0n) is 10.3. The Hall–Kier alpha value is -1.97. The van der Waals surface area contributed by atoms with Crippen LogP contribution >= 0.6 is 0 Å². The molecule has 5 nitrogen and oxygen atoms in total. The van der Waals surface area contributed by atoms with E-state index in [-0.39, 0.29) is 5.91 Å². The molecule has 0 heterocycles. The number of carbonyl (C=O) groups is 1. The number of benzene rings is 1. The molecule has 0 aliphatic heterocycles. The van der Waals surface area contributed by atoms with Gasteiger partial charge in [-0.25, -0.2) is 14.9 Å². The lowest BCUT2D eigenvalue weighted by atomic mass is 10.2. The van der Waals surface area contributed by atoms with Crippen LogP contribution in [-0.4, -0.2) is 30.6 Å². The average Bonchev–Trinajstić information content (AvgIpc) is 2.42. The third-order valence-electron chi connectivity index (χ3n) is 2.34. The Morgan fingerprint density at radius 2 is 2.11 bits per heavy atom. The fraction of sp³-hybridized carbons (Fsp3) is 0.385. The number of hydrogen-bond donors (Lipinski definition) is 0. The molecular weight excluding hydrogens is 232 g/mol. The molecule has 1 amide bonds. The van der Waals surface area contributed by atoms with Crippen molar-refractivity contribution in [3.8, 4) is 0 Å². The maximum Gasteiger partial charge on any atom is 0.245 e. The number of isocyanates is 1. The Morgan fingerprint density at radius 1 is 1.39 bits per heavy atom. The van der Waals surface area contributed by atoms with E-state index in [1.54, 1.807) is 7.05 Å². The molecule has 0 aliphatic carbocycles. The predicted molar refractivity (Wildman–Crippen MR) is 66.2 cm³/mol. The van der Waals surface area contributed by atoms with Gasteiger partial charge >= 0.3 is 0 Å². The Labute approximate surface area is 106 Å². The first-order valence-corrected chi connectivity index (χ1v) is 5.71. The molecule has 1 aromatic carbocycles. The van der Waals surface area contributed by atoms with Crippen LogP contribution in [0.5, 0.6) is 0 Å². The highest BCUT2D eigenvalue weighted by molar-refractivity contribution is 5.74. The minimum absolute atomic E-state index is 0.132. The van der Waals surface area contributed by atoms with Crippen molar-refractivity contribution in [2.45, 2.75) is 19.4 Å². The summed E-state index contributed by atoms with van der Waals surface area (Å²) in [7, 11) is 1.58. The Morgan fingerprint density at radius 3 is 2.78 bits per heavy atom. The van der Waals surface area contributed by atoms with Crippen molar-refractivity contribution in [3.05, 3.63) is 35.9 Å². The van der Waals surface area contributed by atoms with Gasteiger partial charge in [0.2, 0.25) is 12.0 Å². The molecule has 0 spiro atoms. The van der Waals surface area contributed by atoms with Gasteiger partial charge in [0.05, 0.1) is 6.54 Å². The van der Waals surface area contributed by atoms with Crippen LogP contribution < -0.4 is 0 Å². The van der Waals surface area contributed by atoms with Gasteiger partial charge in [0.25, 0.3) is 0 Å². The number of carbonyl (C=O) groups excluding carboxylic acids is 2. The van der Waals surface area contributed by atoms with Crippen LogP contribution in [0.3, 0.4) is 0 Å². The van der Waals surface area contributed by atoms with Crippen LogP contribution in [0, 0.1) is 0 Å². The molecule has 1 aromatic rings. The van der Waals surface area contributed by atoms with Gasteiger partial charge in [-0.2, -0.15) is 0 Å². The highest BCUT2D eigenvalue weighted by Crippen LogP contribution is 2.03.